The summed E-state index contributed by atoms with van der Waals surface area (Å²) in [6, 6.07) is 9.14. The van der Waals surface area contributed by atoms with Crippen LogP contribution in [0.4, 0.5) is 0 Å². The zero-order valence-corrected chi connectivity index (χ0v) is 24.7. The maximum Gasteiger partial charge on any atom is 0.339 e. The molecule has 0 aromatic heterocycles. The normalized spacial score (nSPS) is 24.2. The number of benzene rings is 1. The lowest BCUT2D eigenvalue weighted by Gasteiger charge is -2.45. The second kappa shape index (κ2) is 12.1. The number of carbonyl (C=O) groups is 4. The van der Waals surface area contributed by atoms with E-state index in [9.17, 15) is 19.2 Å². The molecule has 1 fully saturated rings. The Morgan fingerprint density at radius 2 is 1.11 bits per heavy atom. The van der Waals surface area contributed by atoms with Crippen LogP contribution in [0.1, 0.15) is 62.3 Å². The van der Waals surface area contributed by atoms with Crippen molar-refractivity contribution in [1.29, 1.82) is 0 Å². The molecule has 0 N–H and O–H groups in total. The molecule has 1 saturated heterocycles. The minimum absolute atomic E-state index is 0.584. The standard InChI is InChI=1S/C28H40O9S/c1-26(2,3)23(30)35-17-18(36-24(31)27(4,5)6)20(37-25(32)28(7,8)9)22(34-19(17)21(29)33-10)38-16-14-12-11-13-15-16/h11-15,17-20,22H,1-10H3/t17-,18-,19-,20+,22-/m0/s1. The van der Waals surface area contributed by atoms with Gasteiger partial charge in [0.05, 0.1) is 23.4 Å². The van der Waals surface area contributed by atoms with Crippen LogP contribution in [0.25, 0.3) is 0 Å². The second-order valence-electron chi connectivity index (χ2n) is 12.2. The highest BCUT2D eigenvalue weighted by atomic mass is 32.2. The first-order chi connectivity index (χ1) is 17.4. The van der Waals surface area contributed by atoms with Crippen molar-refractivity contribution in [3.05, 3.63) is 30.3 Å². The zero-order chi connectivity index (χ0) is 29.1. The largest absolute Gasteiger partial charge is 0.467 e. The predicted octanol–water partition coefficient (Wildman–Crippen LogP) is 4.55. The first-order valence-corrected chi connectivity index (χ1v) is 13.3. The number of hydrogen-bond acceptors (Lipinski definition) is 10. The highest BCUT2D eigenvalue weighted by Crippen LogP contribution is 2.39. The Labute approximate surface area is 229 Å². The molecule has 1 aliphatic heterocycles. The zero-order valence-electron chi connectivity index (χ0n) is 23.9. The van der Waals surface area contributed by atoms with Crippen LogP contribution >= 0.6 is 11.8 Å². The van der Waals surface area contributed by atoms with E-state index in [0.717, 1.165) is 4.90 Å². The Morgan fingerprint density at radius 1 is 0.684 bits per heavy atom. The van der Waals surface area contributed by atoms with Gasteiger partial charge in [0.1, 0.15) is 5.44 Å². The first kappa shape index (κ1) is 31.6. The Bertz CT molecular complexity index is 1000. The summed E-state index contributed by atoms with van der Waals surface area (Å²) in [7, 11) is 1.18. The van der Waals surface area contributed by atoms with E-state index in [0.29, 0.717) is 0 Å². The summed E-state index contributed by atoms with van der Waals surface area (Å²) >= 11 is 1.18. The van der Waals surface area contributed by atoms with Gasteiger partial charge in [0.2, 0.25) is 0 Å². The van der Waals surface area contributed by atoms with Crippen molar-refractivity contribution in [1.82, 2.24) is 0 Å². The van der Waals surface area contributed by atoms with Crippen LogP contribution in [-0.4, -0.2) is 60.8 Å². The fraction of sp³-hybridized carbons (Fsp3) is 0.643. The van der Waals surface area contributed by atoms with E-state index >= 15 is 0 Å². The predicted molar refractivity (Wildman–Crippen MR) is 141 cm³/mol. The molecule has 0 amide bonds. The molecule has 0 radical (unpaired) electrons. The van der Waals surface area contributed by atoms with Gasteiger partial charge < -0.3 is 23.7 Å². The van der Waals surface area contributed by atoms with Crippen LogP contribution in [-0.2, 0) is 42.9 Å². The molecule has 0 unspecified atom stereocenters. The molecule has 1 aromatic carbocycles. The van der Waals surface area contributed by atoms with E-state index in [-0.39, 0.29) is 0 Å². The van der Waals surface area contributed by atoms with E-state index in [2.05, 4.69) is 0 Å². The third-order valence-corrected chi connectivity index (χ3v) is 6.65. The topological polar surface area (TPSA) is 114 Å². The lowest BCUT2D eigenvalue weighted by molar-refractivity contribution is -0.242. The van der Waals surface area contributed by atoms with Crippen LogP contribution in [0.2, 0.25) is 0 Å². The van der Waals surface area contributed by atoms with Gasteiger partial charge in [0, 0.05) is 4.90 Å². The summed E-state index contributed by atoms with van der Waals surface area (Å²) < 4.78 is 28.7. The average Bonchev–Trinajstić information content (AvgIpc) is 2.80. The highest BCUT2D eigenvalue weighted by molar-refractivity contribution is 7.99. The fourth-order valence-electron chi connectivity index (χ4n) is 3.13. The van der Waals surface area contributed by atoms with E-state index in [1.54, 1.807) is 62.3 Å². The molecule has 5 atom stereocenters. The molecule has 38 heavy (non-hydrogen) atoms. The summed E-state index contributed by atoms with van der Waals surface area (Å²) in [5.41, 5.74) is -3.81. The van der Waals surface area contributed by atoms with Crippen LogP contribution < -0.4 is 0 Å². The molecule has 1 aliphatic rings. The third kappa shape index (κ3) is 8.20. The minimum Gasteiger partial charge on any atom is -0.467 e. The SMILES string of the molecule is COC(=O)[C@H]1O[C@@H](Sc2ccccc2)[C@H](OC(=O)C(C)(C)C)[C@@H](OC(=O)C(C)(C)C)[C@@H]1OC(=O)C(C)(C)C. The molecule has 1 aromatic rings. The van der Waals surface area contributed by atoms with Gasteiger partial charge in [-0.05, 0) is 74.4 Å². The summed E-state index contributed by atoms with van der Waals surface area (Å²) in [6.45, 7) is 15.0. The van der Waals surface area contributed by atoms with Gasteiger partial charge in [-0.15, -0.1) is 0 Å². The number of methoxy groups -OCH3 is 1. The van der Waals surface area contributed by atoms with Gasteiger partial charge in [-0.25, -0.2) is 4.79 Å². The van der Waals surface area contributed by atoms with Gasteiger partial charge in [0.15, 0.2) is 24.4 Å². The summed E-state index contributed by atoms with van der Waals surface area (Å²) in [5.74, 6) is -2.70. The van der Waals surface area contributed by atoms with Crippen LogP contribution in [0.15, 0.2) is 35.2 Å². The lowest BCUT2D eigenvalue weighted by atomic mass is 9.93. The van der Waals surface area contributed by atoms with Gasteiger partial charge in [-0.1, -0.05) is 30.0 Å². The molecule has 2 rings (SSSR count). The summed E-state index contributed by atoms with van der Waals surface area (Å²) in [6.07, 6.45) is -5.48. The Balaban J connectivity index is 2.68. The molecule has 212 valence electrons. The Hall–Kier alpha value is -2.59. The smallest absolute Gasteiger partial charge is 0.339 e. The van der Waals surface area contributed by atoms with Crippen LogP contribution in [0.5, 0.6) is 0 Å². The molecule has 0 bridgehead atoms. The quantitative estimate of drug-likeness (QED) is 0.368. The second-order valence-corrected chi connectivity index (χ2v) is 13.4. The summed E-state index contributed by atoms with van der Waals surface area (Å²) in [5, 5.41) is 0. The maximum atomic E-state index is 13.1. The third-order valence-electron chi connectivity index (χ3n) is 5.49. The average molecular weight is 553 g/mol. The van der Waals surface area contributed by atoms with Crippen molar-refractivity contribution in [3.63, 3.8) is 0 Å². The fourth-order valence-corrected chi connectivity index (χ4v) is 4.24. The molecular weight excluding hydrogens is 512 g/mol. The van der Waals surface area contributed by atoms with Crippen LogP contribution in [0, 0.1) is 16.2 Å². The molecule has 9 nitrogen and oxygen atoms in total. The van der Waals surface area contributed by atoms with E-state index in [1.807, 2.05) is 30.3 Å². The number of hydrogen-bond donors (Lipinski definition) is 0. The highest BCUT2D eigenvalue weighted by Gasteiger charge is 2.56. The monoisotopic (exact) mass is 552 g/mol. The van der Waals surface area contributed by atoms with Crippen molar-refractivity contribution >= 4 is 35.6 Å². The van der Waals surface area contributed by atoms with Gasteiger partial charge >= 0.3 is 23.9 Å². The first-order valence-electron chi connectivity index (χ1n) is 12.4. The number of carbonyl (C=O) groups excluding carboxylic acids is 4. The maximum absolute atomic E-state index is 13.1. The Morgan fingerprint density at radius 3 is 1.53 bits per heavy atom. The van der Waals surface area contributed by atoms with Crippen molar-refractivity contribution in [3.8, 4) is 0 Å². The molecular formula is C28H40O9S. The number of rotatable bonds is 6. The van der Waals surface area contributed by atoms with Crippen molar-refractivity contribution in [2.45, 2.75) is 97.1 Å². The van der Waals surface area contributed by atoms with E-state index < -0.39 is 70.0 Å². The van der Waals surface area contributed by atoms with Gasteiger partial charge in [0.25, 0.3) is 0 Å². The van der Waals surface area contributed by atoms with Crippen LogP contribution in [0.3, 0.4) is 0 Å². The van der Waals surface area contributed by atoms with Crippen molar-refractivity contribution < 1.29 is 42.9 Å². The number of thioether (sulfide) groups is 1. The molecule has 0 spiro atoms. The number of ether oxygens (including phenoxy) is 5. The van der Waals surface area contributed by atoms with Gasteiger partial charge in [-0.2, -0.15) is 0 Å². The number of esters is 4. The molecule has 0 aliphatic carbocycles. The lowest BCUT2D eigenvalue weighted by Crippen LogP contribution is -2.63. The summed E-state index contributed by atoms with van der Waals surface area (Å²) in [4.78, 5) is 52.9. The molecule has 10 heteroatoms. The molecule has 1 heterocycles. The minimum atomic E-state index is -1.45. The Kier molecular flexibility index (Phi) is 10.0. The van der Waals surface area contributed by atoms with Crippen molar-refractivity contribution in [2.24, 2.45) is 16.2 Å². The van der Waals surface area contributed by atoms with Crippen molar-refractivity contribution in [2.75, 3.05) is 7.11 Å². The van der Waals surface area contributed by atoms with Gasteiger partial charge in [-0.3, -0.25) is 14.4 Å². The van der Waals surface area contributed by atoms with E-state index in [4.69, 9.17) is 23.7 Å². The van der Waals surface area contributed by atoms with E-state index in [1.165, 1.54) is 18.9 Å². The molecule has 0 saturated carbocycles.